The molecule has 3 aromatic heterocycles. The third kappa shape index (κ3) is 3.09. The Balaban J connectivity index is 1.42. The van der Waals surface area contributed by atoms with Crippen molar-refractivity contribution < 1.29 is 4.79 Å². The highest BCUT2D eigenvalue weighted by atomic mass is 32.1. The van der Waals surface area contributed by atoms with Crippen LogP contribution < -0.4 is 0 Å². The molecule has 4 rings (SSSR count). The number of H-pyrrole nitrogens is 1. The molecule has 0 aromatic carbocycles. The second-order valence-corrected chi connectivity index (χ2v) is 7.73. The van der Waals surface area contributed by atoms with Crippen molar-refractivity contribution >= 4 is 17.2 Å². The van der Waals surface area contributed by atoms with E-state index in [-0.39, 0.29) is 5.91 Å². The monoisotopic (exact) mass is 356 g/mol. The Morgan fingerprint density at radius 2 is 2.12 bits per heavy atom. The van der Waals surface area contributed by atoms with Crippen molar-refractivity contribution in [1.29, 1.82) is 0 Å². The molecule has 4 heterocycles. The summed E-state index contributed by atoms with van der Waals surface area (Å²) in [7, 11) is 1.96. The van der Waals surface area contributed by atoms with Gasteiger partial charge in [-0.3, -0.25) is 9.89 Å². The first-order chi connectivity index (χ1) is 12.1. The third-order valence-corrected chi connectivity index (χ3v) is 5.73. The number of aromatic amines is 1. The second kappa shape index (κ2) is 6.44. The topological polar surface area (TPSA) is 79.7 Å². The van der Waals surface area contributed by atoms with Crippen LogP contribution in [0.2, 0.25) is 0 Å². The van der Waals surface area contributed by atoms with Gasteiger partial charge in [0, 0.05) is 30.9 Å². The molecule has 0 saturated carbocycles. The van der Waals surface area contributed by atoms with Gasteiger partial charge in [-0.25, -0.2) is 0 Å². The van der Waals surface area contributed by atoms with Crippen molar-refractivity contribution in [3.8, 4) is 10.6 Å². The Morgan fingerprint density at radius 1 is 1.32 bits per heavy atom. The predicted molar refractivity (Wildman–Crippen MR) is 95.5 cm³/mol. The second-order valence-electron chi connectivity index (χ2n) is 6.44. The molecule has 0 radical (unpaired) electrons. The van der Waals surface area contributed by atoms with E-state index in [0.717, 1.165) is 42.3 Å². The molecule has 0 unspecified atom stereocenters. The van der Waals surface area contributed by atoms with Crippen LogP contribution in [-0.4, -0.2) is 48.9 Å². The molecule has 25 heavy (non-hydrogen) atoms. The van der Waals surface area contributed by atoms with Gasteiger partial charge in [-0.1, -0.05) is 0 Å². The van der Waals surface area contributed by atoms with Crippen LogP contribution in [-0.2, 0) is 7.05 Å². The molecule has 1 saturated heterocycles. The maximum absolute atomic E-state index is 12.7. The zero-order valence-electron chi connectivity index (χ0n) is 14.3. The van der Waals surface area contributed by atoms with E-state index in [9.17, 15) is 4.79 Å². The predicted octanol–water partition coefficient (Wildman–Crippen LogP) is 2.59. The summed E-state index contributed by atoms with van der Waals surface area (Å²) in [4.78, 5) is 16.9. The van der Waals surface area contributed by atoms with Crippen molar-refractivity contribution in [2.45, 2.75) is 25.7 Å². The molecule has 1 amide bonds. The summed E-state index contributed by atoms with van der Waals surface area (Å²) in [5, 5.41) is 15.4. The number of nitrogens with one attached hydrogen (secondary N) is 1. The number of nitrogens with zero attached hydrogens (tertiary/aromatic N) is 5. The largest absolute Gasteiger partial charge is 0.337 e. The van der Waals surface area contributed by atoms with Gasteiger partial charge in [-0.15, -0.1) is 21.5 Å². The number of amides is 1. The Morgan fingerprint density at radius 3 is 2.76 bits per heavy atom. The lowest BCUT2D eigenvalue weighted by Gasteiger charge is -2.30. The van der Waals surface area contributed by atoms with Crippen LogP contribution in [0.15, 0.2) is 24.5 Å². The number of hydrogen-bond acceptors (Lipinski definition) is 5. The Hall–Kier alpha value is -2.48. The molecule has 0 bridgehead atoms. The van der Waals surface area contributed by atoms with Crippen molar-refractivity contribution in [2.75, 3.05) is 13.1 Å². The van der Waals surface area contributed by atoms with Crippen LogP contribution in [0.25, 0.3) is 10.6 Å². The number of rotatable bonds is 3. The van der Waals surface area contributed by atoms with E-state index in [1.807, 2.05) is 28.6 Å². The van der Waals surface area contributed by atoms with Crippen LogP contribution >= 0.6 is 11.3 Å². The van der Waals surface area contributed by atoms with E-state index >= 15 is 0 Å². The fourth-order valence-corrected chi connectivity index (χ4v) is 4.13. The fourth-order valence-electron chi connectivity index (χ4n) is 3.30. The quantitative estimate of drug-likeness (QED) is 0.782. The minimum atomic E-state index is -0.00723. The molecular weight excluding hydrogens is 336 g/mol. The number of carbonyl (C=O) groups is 1. The van der Waals surface area contributed by atoms with Gasteiger partial charge in [0.2, 0.25) is 0 Å². The van der Waals surface area contributed by atoms with Gasteiger partial charge in [0.05, 0.1) is 10.6 Å². The fraction of sp³-hybridized carbons (Fsp3) is 0.412. The molecule has 1 N–H and O–H groups in total. The average molecular weight is 356 g/mol. The molecule has 0 spiro atoms. The van der Waals surface area contributed by atoms with Crippen LogP contribution in [0.5, 0.6) is 0 Å². The highest BCUT2D eigenvalue weighted by molar-refractivity contribution is 7.15. The van der Waals surface area contributed by atoms with Crippen molar-refractivity contribution in [3.05, 3.63) is 40.9 Å². The van der Waals surface area contributed by atoms with E-state index in [1.165, 1.54) is 4.88 Å². The number of aryl methyl sites for hydroxylation is 2. The Kier molecular flexibility index (Phi) is 4.12. The van der Waals surface area contributed by atoms with E-state index in [1.54, 1.807) is 17.7 Å². The summed E-state index contributed by atoms with van der Waals surface area (Å²) in [6.45, 7) is 3.51. The van der Waals surface area contributed by atoms with E-state index in [2.05, 4.69) is 33.4 Å². The van der Waals surface area contributed by atoms with Crippen molar-refractivity contribution in [3.63, 3.8) is 0 Å². The number of piperidine rings is 1. The maximum Gasteiger partial charge on any atom is 0.274 e. The van der Waals surface area contributed by atoms with Crippen molar-refractivity contribution in [2.24, 2.45) is 7.05 Å². The summed E-state index contributed by atoms with van der Waals surface area (Å²) in [6, 6.07) is 5.97. The summed E-state index contributed by atoms with van der Waals surface area (Å²) in [5.74, 6) is 1.36. The first-order valence-electron chi connectivity index (χ1n) is 8.37. The van der Waals surface area contributed by atoms with Gasteiger partial charge in [0.1, 0.15) is 12.2 Å². The molecule has 1 fully saturated rings. The normalized spacial score (nSPS) is 15.7. The maximum atomic E-state index is 12.7. The van der Waals surface area contributed by atoms with Gasteiger partial charge in [-0.2, -0.15) is 5.10 Å². The van der Waals surface area contributed by atoms with Crippen LogP contribution in [0, 0.1) is 6.92 Å². The number of aromatic nitrogens is 5. The average Bonchev–Trinajstić information content (AvgIpc) is 3.35. The Labute approximate surface area is 149 Å². The van der Waals surface area contributed by atoms with Crippen LogP contribution in [0.1, 0.15) is 39.9 Å². The zero-order chi connectivity index (χ0) is 17.4. The minimum Gasteiger partial charge on any atom is -0.337 e. The first kappa shape index (κ1) is 16.0. The molecule has 8 heteroatoms. The standard InChI is InChI=1S/C17H20N6OS/c1-11-3-4-15(25-11)13-9-14(20-19-13)17(24)23-7-5-12(6-8-23)16-21-18-10-22(16)2/h3-4,9-10,12H,5-8H2,1-2H3,(H,19,20). The minimum absolute atomic E-state index is 0.00723. The summed E-state index contributed by atoms with van der Waals surface area (Å²) >= 11 is 1.69. The van der Waals surface area contributed by atoms with Crippen LogP contribution in [0.3, 0.4) is 0 Å². The third-order valence-electron chi connectivity index (χ3n) is 4.70. The van der Waals surface area contributed by atoms with Crippen LogP contribution in [0.4, 0.5) is 0 Å². The SMILES string of the molecule is Cc1ccc(-c2cc(C(=O)N3CCC(c4nncn4C)CC3)n[nH]2)s1. The first-order valence-corrected chi connectivity index (χ1v) is 9.19. The van der Waals surface area contributed by atoms with E-state index in [4.69, 9.17) is 0 Å². The van der Waals surface area contributed by atoms with Gasteiger partial charge >= 0.3 is 0 Å². The van der Waals surface area contributed by atoms with Crippen molar-refractivity contribution in [1.82, 2.24) is 29.9 Å². The Bertz CT molecular complexity index is 886. The molecule has 1 aliphatic heterocycles. The number of carbonyl (C=O) groups excluding carboxylic acids is 1. The molecular formula is C17H20N6OS. The molecule has 7 nitrogen and oxygen atoms in total. The lowest BCUT2D eigenvalue weighted by atomic mass is 9.96. The lowest BCUT2D eigenvalue weighted by molar-refractivity contribution is 0.0704. The molecule has 0 aliphatic carbocycles. The summed E-state index contributed by atoms with van der Waals surface area (Å²) < 4.78 is 1.96. The van der Waals surface area contributed by atoms with Gasteiger partial charge in [0.15, 0.2) is 5.69 Å². The highest BCUT2D eigenvalue weighted by Crippen LogP contribution is 2.29. The lowest BCUT2D eigenvalue weighted by Crippen LogP contribution is -2.38. The number of thiophene rings is 1. The van der Waals surface area contributed by atoms with Gasteiger partial charge in [-0.05, 0) is 38.0 Å². The molecule has 1 aliphatic rings. The molecule has 130 valence electrons. The summed E-state index contributed by atoms with van der Waals surface area (Å²) in [5.41, 5.74) is 1.38. The van der Waals surface area contributed by atoms with Gasteiger partial charge < -0.3 is 9.47 Å². The highest BCUT2D eigenvalue weighted by Gasteiger charge is 2.28. The molecule has 3 aromatic rings. The number of hydrogen-bond donors (Lipinski definition) is 1. The number of likely N-dealkylation sites (tertiary alicyclic amines) is 1. The van der Waals surface area contributed by atoms with E-state index < -0.39 is 0 Å². The van der Waals surface area contributed by atoms with Gasteiger partial charge in [0.25, 0.3) is 5.91 Å². The van der Waals surface area contributed by atoms with E-state index in [0.29, 0.717) is 11.6 Å². The zero-order valence-corrected chi connectivity index (χ0v) is 15.1. The smallest absolute Gasteiger partial charge is 0.274 e. The summed E-state index contributed by atoms with van der Waals surface area (Å²) in [6.07, 6.45) is 3.53. The molecule has 0 atom stereocenters.